The normalized spacial score (nSPS) is 10.7. The number of H-pyrrole nitrogens is 1. The molecular weight excluding hydrogens is 268 g/mol. The number of amides is 1. The van der Waals surface area contributed by atoms with Crippen molar-refractivity contribution >= 4 is 22.7 Å². The van der Waals surface area contributed by atoms with Gasteiger partial charge in [0.2, 0.25) is 5.91 Å². The molecule has 0 bridgehead atoms. The van der Waals surface area contributed by atoms with E-state index >= 15 is 0 Å². The number of likely N-dealkylation sites (N-methyl/N-ethyl adjacent to an activating group) is 1. The van der Waals surface area contributed by atoms with E-state index in [1.807, 2.05) is 30.3 Å². The second kappa shape index (κ2) is 5.28. The van der Waals surface area contributed by atoms with Gasteiger partial charge in [-0.3, -0.25) is 9.78 Å². The average Bonchev–Trinajstić information content (AvgIpc) is 2.86. The second-order valence-corrected chi connectivity index (χ2v) is 4.81. The van der Waals surface area contributed by atoms with Crippen molar-refractivity contribution in [3.63, 3.8) is 0 Å². The topological polar surface area (TPSA) is 66.3 Å². The number of hydrogen-bond donors (Lipinski definition) is 1. The maximum atomic E-state index is 12.3. The number of fused-ring (bicyclic) bond motifs is 1. The van der Waals surface area contributed by atoms with Gasteiger partial charge in [-0.25, -0.2) is 4.79 Å². The Morgan fingerprint density at radius 3 is 2.71 bits per heavy atom. The van der Waals surface area contributed by atoms with Crippen LogP contribution in [-0.4, -0.2) is 17.9 Å². The average molecular weight is 282 g/mol. The molecule has 3 rings (SSSR count). The van der Waals surface area contributed by atoms with Crippen LogP contribution in [0, 0.1) is 0 Å². The Morgan fingerprint density at radius 1 is 1.19 bits per heavy atom. The number of para-hydroxylation sites is 1. The van der Waals surface area contributed by atoms with E-state index in [0.29, 0.717) is 11.1 Å². The zero-order chi connectivity index (χ0) is 14.8. The van der Waals surface area contributed by atoms with E-state index in [4.69, 9.17) is 4.42 Å². The van der Waals surface area contributed by atoms with Crippen LogP contribution in [0.25, 0.3) is 11.1 Å². The largest absolute Gasteiger partial charge is 0.417 e. The Bertz CT molecular complexity index is 833. The fraction of sp³-hybridized carbons (Fsp3) is 0.125. The molecule has 3 aromatic rings. The zero-order valence-corrected chi connectivity index (χ0v) is 11.5. The molecule has 2 aromatic carbocycles. The molecule has 0 radical (unpaired) electrons. The highest BCUT2D eigenvalue weighted by Crippen LogP contribution is 2.16. The quantitative estimate of drug-likeness (QED) is 0.801. The van der Waals surface area contributed by atoms with Crippen LogP contribution in [-0.2, 0) is 11.2 Å². The van der Waals surface area contributed by atoms with Gasteiger partial charge in [0.25, 0.3) is 0 Å². The third-order valence-electron chi connectivity index (χ3n) is 3.36. The summed E-state index contributed by atoms with van der Waals surface area (Å²) < 4.78 is 4.94. The number of benzene rings is 2. The number of carbonyl (C=O) groups is 1. The summed E-state index contributed by atoms with van der Waals surface area (Å²) in [5.41, 5.74) is 2.77. The number of anilines is 1. The molecule has 1 N–H and O–H groups in total. The summed E-state index contributed by atoms with van der Waals surface area (Å²) in [6, 6.07) is 14.7. The Labute approximate surface area is 120 Å². The van der Waals surface area contributed by atoms with Crippen molar-refractivity contribution in [1.82, 2.24) is 4.98 Å². The first-order valence-corrected chi connectivity index (χ1v) is 6.57. The summed E-state index contributed by atoms with van der Waals surface area (Å²) >= 11 is 0. The van der Waals surface area contributed by atoms with E-state index in [1.165, 1.54) is 0 Å². The molecule has 0 aliphatic carbocycles. The summed E-state index contributed by atoms with van der Waals surface area (Å²) in [6.45, 7) is 0. The van der Waals surface area contributed by atoms with E-state index < -0.39 is 5.76 Å². The fourth-order valence-electron chi connectivity index (χ4n) is 2.20. The molecule has 0 aliphatic rings. The minimum absolute atomic E-state index is 0.0219. The maximum Gasteiger partial charge on any atom is 0.417 e. The predicted molar refractivity (Wildman–Crippen MR) is 80.4 cm³/mol. The number of rotatable bonds is 3. The van der Waals surface area contributed by atoms with Gasteiger partial charge in [0.1, 0.15) is 0 Å². The van der Waals surface area contributed by atoms with Crippen LogP contribution in [0.3, 0.4) is 0 Å². The van der Waals surface area contributed by atoms with Crippen molar-refractivity contribution < 1.29 is 9.21 Å². The summed E-state index contributed by atoms with van der Waals surface area (Å²) in [4.78, 5) is 27.6. The Hall–Kier alpha value is -2.82. The van der Waals surface area contributed by atoms with Gasteiger partial charge in [-0.15, -0.1) is 0 Å². The van der Waals surface area contributed by atoms with E-state index in [2.05, 4.69) is 4.98 Å². The molecule has 0 aliphatic heterocycles. The van der Waals surface area contributed by atoms with Gasteiger partial charge in [-0.1, -0.05) is 24.3 Å². The first-order chi connectivity index (χ1) is 10.1. The van der Waals surface area contributed by atoms with Gasteiger partial charge < -0.3 is 9.32 Å². The number of nitrogens with zero attached hydrogens (tertiary/aromatic N) is 1. The van der Waals surface area contributed by atoms with Crippen molar-refractivity contribution in [2.75, 3.05) is 11.9 Å². The standard InChI is InChI=1S/C16H14N2O3/c1-18(12-5-3-2-4-6-12)15(19)10-11-7-8-14-13(9-11)17-16(20)21-14/h2-9H,10H2,1H3,(H,17,20). The number of oxazole rings is 1. The van der Waals surface area contributed by atoms with Gasteiger partial charge in [-0.2, -0.15) is 0 Å². The van der Waals surface area contributed by atoms with E-state index in [1.54, 1.807) is 30.1 Å². The summed E-state index contributed by atoms with van der Waals surface area (Å²) in [5, 5.41) is 0. The maximum absolute atomic E-state index is 12.3. The lowest BCUT2D eigenvalue weighted by Crippen LogP contribution is -2.27. The lowest BCUT2D eigenvalue weighted by molar-refractivity contribution is -0.117. The minimum atomic E-state index is -0.491. The van der Waals surface area contributed by atoms with Crippen LogP contribution in [0.4, 0.5) is 5.69 Å². The van der Waals surface area contributed by atoms with Crippen LogP contribution in [0.1, 0.15) is 5.56 Å². The Morgan fingerprint density at radius 2 is 1.95 bits per heavy atom. The van der Waals surface area contributed by atoms with Crippen molar-refractivity contribution in [3.05, 3.63) is 64.6 Å². The number of carbonyl (C=O) groups excluding carboxylic acids is 1. The third-order valence-corrected chi connectivity index (χ3v) is 3.36. The molecule has 0 saturated carbocycles. The van der Waals surface area contributed by atoms with Gasteiger partial charge in [0.05, 0.1) is 11.9 Å². The lowest BCUT2D eigenvalue weighted by atomic mass is 10.1. The fourth-order valence-corrected chi connectivity index (χ4v) is 2.20. The van der Waals surface area contributed by atoms with Crippen LogP contribution < -0.4 is 10.7 Å². The third kappa shape index (κ3) is 2.72. The van der Waals surface area contributed by atoms with Gasteiger partial charge >= 0.3 is 5.76 Å². The highest BCUT2D eigenvalue weighted by atomic mass is 16.4. The molecule has 1 heterocycles. The molecule has 0 fully saturated rings. The SMILES string of the molecule is CN(C(=O)Cc1ccc2oc(=O)[nH]c2c1)c1ccccc1. The molecule has 106 valence electrons. The first-order valence-electron chi connectivity index (χ1n) is 6.57. The van der Waals surface area contributed by atoms with Crippen LogP contribution in [0.2, 0.25) is 0 Å². The molecule has 0 unspecified atom stereocenters. The molecule has 5 heteroatoms. The molecule has 1 aromatic heterocycles. The van der Waals surface area contributed by atoms with Crippen molar-refractivity contribution in [2.24, 2.45) is 0 Å². The Kier molecular flexibility index (Phi) is 3.31. The lowest BCUT2D eigenvalue weighted by Gasteiger charge is -2.17. The van der Waals surface area contributed by atoms with E-state index in [-0.39, 0.29) is 12.3 Å². The number of hydrogen-bond acceptors (Lipinski definition) is 3. The molecule has 0 saturated heterocycles. The highest BCUT2D eigenvalue weighted by Gasteiger charge is 2.12. The second-order valence-electron chi connectivity index (χ2n) is 4.81. The van der Waals surface area contributed by atoms with E-state index in [9.17, 15) is 9.59 Å². The van der Waals surface area contributed by atoms with Crippen LogP contribution in [0.5, 0.6) is 0 Å². The molecule has 21 heavy (non-hydrogen) atoms. The van der Waals surface area contributed by atoms with Gasteiger partial charge in [0, 0.05) is 12.7 Å². The smallest absolute Gasteiger partial charge is 0.408 e. The highest BCUT2D eigenvalue weighted by molar-refractivity contribution is 5.94. The monoisotopic (exact) mass is 282 g/mol. The summed E-state index contributed by atoms with van der Waals surface area (Å²) in [5.74, 6) is -0.513. The molecule has 1 amide bonds. The van der Waals surface area contributed by atoms with E-state index in [0.717, 1.165) is 11.3 Å². The predicted octanol–water partition coefficient (Wildman–Crippen LogP) is 2.33. The molecule has 5 nitrogen and oxygen atoms in total. The van der Waals surface area contributed by atoms with Gasteiger partial charge in [-0.05, 0) is 29.8 Å². The van der Waals surface area contributed by atoms with Crippen molar-refractivity contribution in [3.8, 4) is 0 Å². The molecule has 0 atom stereocenters. The minimum Gasteiger partial charge on any atom is -0.408 e. The zero-order valence-electron chi connectivity index (χ0n) is 11.5. The molecule has 0 spiro atoms. The summed E-state index contributed by atoms with van der Waals surface area (Å²) in [6.07, 6.45) is 0.258. The number of aromatic nitrogens is 1. The number of aromatic amines is 1. The Balaban J connectivity index is 1.81. The van der Waals surface area contributed by atoms with Gasteiger partial charge in [0.15, 0.2) is 5.58 Å². The first kappa shape index (κ1) is 13.2. The van der Waals surface area contributed by atoms with Crippen molar-refractivity contribution in [1.29, 1.82) is 0 Å². The molecular formula is C16H14N2O3. The van der Waals surface area contributed by atoms with Crippen molar-refractivity contribution in [2.45, 2.75) is 6.42 Å². The number of nitrogens with one attached hydrogen (secondary N) is 1. The summed E-state index contributed by atoms with van der Waals surface area (Å²) in [7, 11) is 1.75. The van der Waals surface area contributed by atoms with Crippen LogP contribution >= 0.6 is 0 Å². The van der Waals surface area contributed by atoms with Crippen LogP contribution in [0.15, 0.2) is 57.7 Å².